The molecule has 0 aliphatic heterocycles. The van der Waals surface area contributed by atoms with Gasteiger partial charge in [0.05, 0.1) is 4.92 Å². The van der Waals surface area contributed by atoms with Crippen molar-refractivity contribution in [2.75, 3.05) is 5.32 Å². The Morgan fingerprint density at radius 3 is 2.65 bits per heavy atom. The summed E-state index contributed by atoms with van der Waals surface area (Å²) in [4.78, 5) is 22.1. The average molecular weight is 295 g/mol. The fraction of sp³-hybridized carbons (Fsp3) is 0.167. The van der Waals surface area contributed by atoms with Gasteiger partial charge in [-0.05, 0) is 26.0 Å². The summed E-state index contributed by atoms with van der Waals surface area (Å²) in [6, 6.07) is 3.79. The fourth-order valence-corrected chi connectivity index (χ4v) is 1.83. The van der Waals surface area contributed by atoms with Crippen LogP contribution >= 0.6 is 11.6 Å². The van der Waals surface area contributed by atoms with Crippen molar-refractivity contribution < 1.29 is 9.72 Å². The predicted octanol–water partition coefficient (Wildman–Crippen LogP) is 2.84. The second kappa shape index (κ2) is 5.30. The molecule has 0 spiro atoms. The lowest BCUT2D eigenvalue weighted by molar-refractivity contribution is -0.384. The zero-order valence-corrected chi connectivity index (χ0v) is 11.5. The van der Waals surface area contributed by atoms with Gasteiger partial charge in [-0.3, -0.25) is 20.0 Å². The van der Waals surface area contributed by atoms with Crippen LogP contribution in [0.2, 0.25) is 5.02 Å². The number of aromatic amines is 1. The van der Waals surface area contributed by atoms with Crippen LogP contribution in [0.5, 0.6) is 0 Å². The highest BCUT2D eigenvalue weighted by Crippen LogP contribution is 2.25. The van der Waals surface area contributed by atoms with E-state index in [0.717, 1.165) is 11.3 Å². The van der Waals surface area contributed by atoms with Gasteiger partial charge in [-0.15, -0.1) is 0 Å². The van der Waals surface area contributed by atoms with Crippen molar-refractivity contribution in [3.63, 3.8) is 0 Å². The Hall–Kier alpha value is -2.41. The van der Waals surface area contributed by atoms with E-state index in [2.05, 4.69) is 15.5 Å². The van der Waals surface area contributed by atoms with Crippen molar-refractivity contribution in [2.24, 2.45) is 0 Å². The molecular weight excluding hydrogens is 284 g/mol. The summed E-state index contributed by atoms with van der Waals surface area (Å²) in [5, 5.41) is 19.9. The van der Waals surface area contributed by atoms with Gasteiger partial charge in [-0.1, -0.05) is 11.6 Å². The van der Waals surface area contributed by atoms with Crippen molar-refractivity contribution in [1.82, 2.24) is 10.2 Å². The molecule has 8 heteroatoms. The Labute approximate surface area is 119 Å². The molecule has 0 fully saturated rings. The van der Waals surface area contributed by atoms with Gasteiger partial charge in [0.2, 0.25) is 0 Å². The summed E-state index contributed by atoms with van der Waals surface area (Å²) in [6.07, 6.45) is 0. The summed E-state index contributed by atoms with van der Waals surface area (Å²) < 4.78 is 0. The average Bonchev–Trinajstić information content (AvgIpc) is 2.70. The first kappa shape index (κ1) is 14.0. The van der Waals surface area contributed by atoms with Crippen LogP contribution in [0, 0.1) is 24.0 Å². The highest BCUT2D eigenvalue weighted by Gasteiger charge is 2.16. The standard InChI is InChI=1S/C12H11ClN4O3/c1-6-7(2)15-16-11(6)14-12(18)8-3-4-10(17(19)20)9(13)5-8/h3-5H,1-2H3,(H2,14,15,16,18). The number of nitrogens with one attached hydrogen (secondary N) is 2. The van der Waals surface area contributed by atoms with Gasteiger partial charge in [0.1, 0.15) is 5.02 Å². The topological polar surface area (TPSA) is 101 Å². The maximum absolute atomic E-state index is 12.0. The molecule has 1 heterocycles. The second-order valence-corrected chi connectivity index (χ2v) is 4.61. The third-order valence-corrected chi connectivity index (χ3v) is 3.19. The normalized spacial score (nSPS) is 10.3. The predicted molar refractivity (Wildman–Crippen MR) is 74.1 cm³/mol. The Bertz CT molecular complexity index is 696. The molecule has 1 amide bonds. The Balaban J connectivity index is 2.24. The molecular formula is C12H11ClN4O3. The highest BCUT2D eigenvalue weighted by atomic mass is 35.5. The maximum atomic E-state index is 12.0. The molecule has 2 rings (SSSR count). The third kappa shape index (κ3) is 2.62. The minimum absolute atomic E-state index is 0.0856. The van der Waals surface area contributed by atoms with Gasteiger partial charge in [0.25, 0.3) is 11.6 Å². The van der Waals surface area contributed by atoms with E-state index in [9.17, 15) is 14.9 Å². The quantitative estimate of drug-likeness (QED) is 0.671. The summed E-state index contributed by atoms with van der Waals surface area (Å²) in [6.45, 7) is 3.65. The van der Waals surface area contributed by atoms with E-state index in [1.54, 1.807) is 0 Å². The van der Waals surface area contributed by atoms with Gasteiger partial charge in [0, 0.05) is 22.9 Å². The number of nitro benzene ring substituents is 1. The first-order valence-electron chi connectivity index (χ1n) is 5.67. The van der Waals surface area contributed by atoms with E-state index < -0.39 is 10.8 Å². The van der Waals surface area contributed by atoms with Crippen LogP contribution in [0.4, 0.5) is 11.5 Å². The van der Waals surface area contributed by atoms with Crippen LogP contribution < -0.4 is 5.32 Å². The van der Waals surface area contributed by atoms with E-state index in [0.29, 0.717) is 5.82 Å². The number of H-pyrrole nitrogens is 1. The van der Waals surface area contributed by atoms with Gasteiger partial charge in [0.15, 0.2) is 5.82 Å². The monoisotopic (exact) mass is 294 g/mol. The molecule has 1 aromatic carbocycles. The molecule has 0 saturated heterocycles. The summed E-state index contributed by atoms with van der Waals surface area (Å²) in [5.74, 6) is -0.0154. The smallest absolute Gasteiger partial charge is 0.287 e. The first-order valence-corrected chi connectivity index (χ1v) is 6.05. The number of carbonyl (C=O) groups excluding carboxylic acids is 1. The number of aryl methyl sites for hydroxylation is 1. The molecule has 2 N–H and O–H groups in total. The molecule has 0 atom stereocenters. The van der Waals surface area contributed by atoms with Crippen molar-refractivity contribution >= 4 is 29.0 Å². The van der Waals surface area contributed by atoms with Gasteiger partial charge < -0.3 is 5.32 Å². The van der Waals surface area contributed by atoms with Crippen LogP contribution in [0.3, 0.4) is 0 Å². The zero-order chi connectivity index (χ0) is 14.9. The summed E-state index contributed by atoms with van der Waals surface area (Å²) in [5.41, 5.74) is 1.66. The Morgan fingerprint density at radius 1 is 1.45 bits per heavy atom. The molecule has 0 aliphatic carbocycles. The van der Waals surface area contributed by atoms with Crippen molar-refractivity contribution in [2.45, 2.75) is 13.8 Å². The number of rotatable bonds is 3. The number of hydrogen-bond donors (Lipinski definition) is 2. The van der Waals surface area contributed by atoms with E-state index in [4.69, 9.17) is 11.6 Å². The lowest BCUT2D eigenvalue weighted by Crippen LogP contribution is -2.13. The van der Waals surface area contributed by atoms with E-state index in [1.807, 2.05) is 13.8 Å². The number of nitrogens with zero attached hydrogens (tertiary/aromatic N) is 2. The SMILES string of the molecule is Cc1[nH]nc(NC(=O)c2ccc([N+](=O)[O-])c(Cl)c2)c1C. The minimum atomic E-state index is -0.606. The number of benzene rings is 1. The number of amides is 1. The van der Waals surface area contributed by atoms with Gasteiger partial charge in [-0.2, -0.15) is 5.10 Å². The number of hydrogen-bond acceptors (Lipinski definition) is 4. The molecule has 0 bridgehead atoms. The Kier molecular flexibility index (Phi) is 3.71. The van der Waals surface area contributed by atoms with Crippen molar-refractivity contribution in [1.29, 1.82) is 0 Å². The van der Waals surface area contributed by atoms with Crippen LogP contribution in [0.15, 0.2) is 18.2 Å². The van der Waals surface area contributed by atoms with E-state index >= 15 is 0 Å². The molecule has 1 aromatic heterocycles. The maximum Gasteiger partial charge on any atom is 0.287 e. The fourth-order valence-electron chi connectivity index (χ4n) is 1.58. The summed E-state index contributed by atoms with van der Waals surface area (Å²) >= 11 is 5.76. The van der Waals surface area contributed by atoms with Gasteiger partial charge in [-0.25, -0.2) is 0 Å². The first-order chi connectivity index (χ1) is 9.40. The number of halogens is 1. The molecule has 0 unspecified atom stereocenters. The van der Waals surface area contributed by atoms with Crippen LogP contribution in [0.1, 0.15) is 21.6 Å². The third-order valence-electron chi connectivity index (χ3n) is 2.89. The van der Waals surface area contributed by atoms with Gasteiger partial charge >= 0.3 is 0 Å². The molecule has 7 nitrogen and oxygen atoms in total. The van der Waals surface area contributed by atoms with Crippen LogP contribution in [0.25, 0.3) is 0 Å². The zero-order valence-electron chi connectivity index (χ0n) is 10.7. The molecule has 20 heavy (non-hydrogen) atoms. The number of aromatic nitrogens is 2. The van der Waals surface area contributed by atoms with Crippen LogP contribution in [-0.4, -0.2) is 21.0 Å². The van der Waals surface area contributed by atoms with Crippen molar-refractivity contribution in [3.05, 3.63) is 50.2 Å². The summed E-state index contributed by atoms with van der Waals surface area (Å²) in [7, 11) is 0. The lowest BCUT2D eigenvalue weighted by Gasteiger charge is -2.04. The molecule has 0 saturated carbocycles. The largest absolute Gasteiger partial charge is 0.305 e. The molecule has 0 aliphatic rings. The second-order valence-electron chi connectivity index (χ2n) is 4.20. The highest BCUT2D eigenvalue weighted by molar-refractivity contribution is 6.33. The molecule has 0 radical (unpaired) electrons. The van der Waals surface area contributed by atoms with Crippen molar-refractivity contribution in [3.8, 4) is 0 Å². The van der Waals surface area contributed by atoms with Crippen LogP contribution in [-0.2, 0) is 0 Å². The lowest BCUT2D eigenvalue weighted by atomic mass is 10.2. The van der Waals surface area contributed by atoms with E-state index in [1.165, 1.54) is 18.2 Å². The minimum Gasteiger partial charge on any atom is -0.305 e. The number of nitro groups is 1. The van der Waals surface area contributed by atoms with E-state index in [-0.39, 0.29) is 16.3 Å². The molecule has 2 aromatic rings. The molecule has 104 valence electrons. The number of anilines is 1. The number of carbonyl (C=O) groups is 1. The Morgan fingerprint density at radius 2 is 2.15 bits per heavy atom.